The summed E-state index contributed by atoms with van der Waals surface area (Å²) in [6.45, 7) is 7.40. The molecule has 2 aromatic heterocycles. The van der Waals surface area contributed by atoms with Gasteiger partial charge in [-0.1, -0.05) is 0 Å². The molecule has 0 bridgehead atoms. The largest absolute Gasteiger partial charge is 0.459 e. The number of hydrogen-bond acceptors (Lipinski definition) is 5. The Morgan fingerprint density at radius 1 is 0.958 bits per heavy atom. The zero-order chi connectivity index (χ0) is 17.3. The van der Waals surface area contributed by atoms with E-state index in [0.717, 1.165) is 0 Å². The first-order valence-electron chi connectivity index (χ1n) is 7.91. The summed E-state index contributed by atoms with van der Waals surface area (Å²) < 4.78 is 5.15. The molecule has 0 N–H and O–H groups in total. The van der Waals surface area contributed by atoms with Gasteiger partial charge in [-0.05, 0) is 32.9 Å². The Balaban J connectivity index is 1.69. The highest BCUT2D eigenvalue weighted by Gasteiger charge is 2.28. The average Bonchev–Trinajstić information content (AvgIpc) is 3.07. The van der Waals surface area contributed by atoms with Crippen LogP contribution < -0.4 is 0 Å². The number of rotatable bonds is 2. The first kappa shape index (κ1) is 16.2. The van der Waals surface area contributed by atoms with Crippen LogP contribution in [0.25, 0.3) is 0 Å². The molecule has 0 radical (unpaired) electrons. The molecule has 3 heterocycles. The van der Waals surface area contributed by atoms with Crippen molar-refractivity contribution in [1.82, 2.24) is 19.8 Å². The van der Waals surface area contributed by atoms with E-state index < -0.39 is 0 Å². The van der Waals surface area contributed by atoms with E-state index >= 15 is 0 Å². The van der Waals surface area contributed by atoms with Crippen LogP contribution in [0, 0.1) is 20.8 Å². The summed E-state index contributed by atoms with van der Waals surface area (Å²) in [5, 5.41) is 0. The highest BCUT2D eigenvalue weighted by molar-refractivity contribution is 5.96. The van der Waals surface area contributed by atoms with Crippen LogP contribution in [0.5, 0.6) is 0 Å². The summed E-state index contributed by atoms with van der Waals surface area (Å²) in [7, 11) is 0. The summed E-state index contributed by atoms with van der Waals surface area (Å²) >= 11 is 0. The van der Waals surface area contributed by atoms with Crippen molar-refractivity contribution in [1.29, 1.82) is 0 Å². The van der Waals surface area contributed by atoms with Gasteiger partial charge in [0.05, 0.1) is 23.2 Å². The topological polar surface area (TPSA) is 79.5 Å². The molecule has 1 saturated heterocycles. The Morgan fingerprint density at radius 2 is 1.50 bits per heavy atom. The van der Waals surface area contributed by atoms with Crippen molar-refractivity contribution < 1.29 is 14.0 Å². The molecule has 0 atom stereocenters. The lowest BCUT2D eigenvalue weighted by molar-refractivity contribution is 0.0516. The maximum Gasteiger partial charge on any atom is 0.289 e. The fourth-order valence-electron chi connectivity index (χ4n) is 3.02. The molecule has 24 heavy (non-hydrogen) atoms. The molecule has 1 fully saturated rings. The lowest BCUT2D eigenvalue weighted by Gasteiger charge is -2.34. The van der Waals surface area contributed by atoms with Gasteiger partial charge in [-0.15, -0.1) is 0 Å². The number of carbonyl (C=O) groups is 2. The van der Waals surface area contributed by atoms with Crippen LogP contribution in [0.1, 0.15) is 38.1 Å². The predicted octanol–water partition coefficient (Wildman–Crippen LogP) is 1.59. The molecular weight excluding hydrogens is 308 g/mol. The van der Waals surface area contributed by atoms with Crippen LogP contribution in [-0.4, -0.2) is 57.8 Å². The van der Waals surface area contributed by atoms with Gasteiger partial charge in [0.25, 0.3) is 11.8 Å². The third-order valence-corrected chi connectivity index (χ3v) is 4.18. The molecule has 0 unspecified atom stereocenters. The van der Waals surface area contributed by atoms with Gasteiger partial charge in [-0.25, -0.2) is 9.97 Å². The van der Waals surface area contributed by atoms with Gasteiger partial charge in [-0.2, -0.15) is 0 Å². The minimum Gasteiger partial charge on any atom is -0.459 e. The van der Waals surface area contributed by atoms with Crippen LogP contribution in [0.4, 0.5) is 0 Å². The monoisotopic (exact) mass is 328 g/mol. The van der Waals surface area contributed by atoms with Gasteiger partial charge in [0.2, 0.25) is 0 Å². The normalized spacial score (nSPS) is 14.8. The number of furan rings is 1. The molecule has 7 heteroatoms. The second-order valence-corrected chi connectivity index (χ2v) is 5.88. The molecule has 3 rings (SSSR count). The molecule has 2 amide bonds. The van der Waals surface area contributed by atoms with Crippen molar-refractivity contribution in [2.24, 2.45) is 0 Å². The minimum atomic E-state index is -0.141. The SMILES string of the molecule is Cc1nc(C)c(C(=O)N2CCN(C(=O)c3ccco3)CC2)c(C)n1. The molecule has 0 spiro atoms. The van der Waals surface area contributed by atoms with E-state index in [-0.39, 0.29) is 11.8 Å². The Hall–Kier alpha value is -2.70. The smallest absolute Gasteiger partial charge is 0.289 e. The standard InChI is InChI=1S/C17H20N4O3/c1-11-15(12(2)19-13(3)18-11)17(23)21-8-6-20(7-9-21)16(22)14-5-4-10-24-14/h4-5,10H,6-9H2,1-3H3. The highest BCUT2D eigenvalue weighted by atomic mass is 16.3. The third-order valence-electron chi connectivity index (χ3n) is 4.18. The van der Waals surface area contributed by atoms with Gasteiger partial charge < -0.3 is 14.2 Å². The van der Waals surface area contributed by atoms with E-state index in [9.17, 15) is 9.59 Å². The Morgan fingerprint density at radius 3 is 2.00 bits per heavy atom. The van der Waals surface area contributed by atoms with Gasteiger partial charge in [0.15, 0.2) is 5.76 Å². The molecule has 0 aromatic carbocycles. The highest BCUT2D eigenvalue weighted by Crippen LogP contribution is 2.16. The fraction of sp³-hybridized carbons (Fsp3) is 0.412. The molecule has 0 aliphatic carbocycles. The maximum absolute atomic E-state index is 12.8. The summed E-state index contributed by atoms with van der Waals surface area (Å²) in [4.78, 5) is 37.1. The van der Waals surface area contributed by atoms with Crippen LogP contribution in [0.15, 0.2) is 22.8 Å². The second kappa shape index (κ2) is 6.43. The molecule has 2 aromatic rings. The average molecular weight is 328 g/mol. The zero-order valence-corrected chi connectivity index (χ0v) is 14.1. The van der Waals surface area contributed by atoms with E-state index in [1.807, 2.05) is 20.8 Å². The number of aromatic nitrogens is 2. The molecule has 0 saturated carbocycles. The molecule has 7 nitrogen and oxygen atoms in total. The molecule has 1 aliphatic rings. The van der Waals surface area contributed by atoms with Gasteiger partial charge in [-0.3, -0.25) is 9.59 Å². The van der Waals surface area contributed by atoms with Crippen LogP contribution in [0.2, 0.25) is 0 Å². The van der Waals surface area contributed by atoms with Crippen molar-refractivity contribution in [2.75, 3.05) is 26.2 Å². The van der Waals surface area contributed by atoms with E-state index in [0.29, 0.717) is 54.7 Å². The van der Waals surface area contributed by atoms with Crippen molar-refractivity contribution in [3.05, 3.63) is 46.9 Å². The maximum atomic E-state index is 12.8. The van der Waals surface area contributed by atoms with Gasteiger partial charge in [0.1, 0.15) is 5.82 Å². The number of amides is 2. The first-order chi connectivity index (χ1) is 11.5. The van der Waals surface area contributed by atoms with Gasteiger partial charge >= 0.3 is 0 Å². The van der Waals surface area contributed by atoms with E-state index in [2.05, 4.69) is 9.97 Å². The number of carbonyl (C=O) groups excluding carboxylic acids is 2. The van der Waals surface area contributed by atoms with Crippen molar-refractivity contribution in [3.63, 3.8) is 0 Å². The molecule has 1 aliphatic heterocycles. The number of hydrogen-bond donors (Lipinski definition) is 0. The third kappa shape index (κ3) is 3.02. The van der Waals surface area contributed by atoms with E-state index in [1.165, 1.54) is 6.26 Å². The van der Waals surface area contributed by atoms with Gasteiger partial charge in [0, 0.05) is 26.2 Å². The number of nitrogens with zero attached hydrogens (tertiary/aromatic N) is 4. The summed E-state index contributed by atoms with van der Waals surface area (Å²) in [5.74, 6) is 0.775. The predicted molar refractivity (Wildman–Crippen MR) is 86.8 cm³/mol. The van der Waals surface area contributed by atoms with Crippen molar-refractivity contribution >= 4 is 11.8 Å². The minimum absolute atomic E-state index is 0.0740. The lowest BCUT2D eigenvalue weighted by atomic mass is 10.1. The summed E-state index contributed by atoms with van der Waals surface area (Å²) in [5.41, 5.74) is 1.95. The second-order valence-electron chi connectivity index (χ2n) is 5.88. The summed E-state index contributed by atoms with van der Waals surface area (Å²) in [6, 6.07) is 3.34. The van der Waals surface area contributed by atoms with Crippen LogP contribution in [0.3, 0.4) is 0 Å². The molecule has 126 valence electrons. The van der Waals surface area contributed by atoms with E-state index in [4.69, 9.17) is 4.42 Å². The summed E-state index contributed by atoms with van der Waals surface area (Å²) in [6.07, 6.45) is 1.48. The van der Waals surface area contributed by atoms with Crippen LogP contribution in [-0.2, 0) is 0 Å². The number of piperazine rings is 1. The Labute approximate surface area is 140 Å². The lowest BCUT2D eigenvalue weighted by Crippen LogP contribution is -2.50. The molecular formula is C17H20N4O3. The Bertz CT molecular complexity index is 739. The van der Waals surface area contributed by atoms with E-state index in [1.54, 1.807) is 21.9 Å². The Kier molecular flexibility index (Phi) is 4.33. The number of aryl methyl sites for hydroxylation is 3. The van der Waals surface area contributed by atoms with Crippen molar-refractivity contribution in [2.45, 2.75) is 20.8 Å². The zero-order valence-electron chi connectivity index (χ0n) is 14.1. The fourth-order valence-corrected chi connectivity index (χ4v) is 3.02. The first-order valence-corrected chi connectivity index (χ1v) is 7.91. The van der Waals surface area contributed by atoms with Crippen molar-refractivity contribution in [3.8, 4) is 0 Å². The van der Waals surface area contributed by atoms with Crippen LogP contribution >= 0.6 is 0 Å². The quantitative estimate of drug-likeness (QED) is 0.836.